The summed E-state index contributed by atoms with van der Waals surface area (Å²) < 4.78 is 4.37. The Morgan fingerprint density at radius 3 is 2.29 bits per heavy atom. The first-order valence-corrected chi connectivity index (χ1v) is 3.99. The number of carbonyl (C=O) groups is 2. The molecule has 5 nitrogen and oxygen atoms in total. The number of aromatic hydroxyl groups is 1. The number of pyridine rings is 1. The summed E-state index contributed by atoms with van der Waals surface area (Å²) in [6.07, 6.45) is 0. The van der Waals surface area contributed by atoms with Crippen molar-refractivity contribution in [2.45, 2.75) is 13.8 Å². The van der Waals surface area contributed by atoms with Gasteiger partial charge in [0.25, 0.3) is 0 Å². The van der Waals surface area contributed by atoms with Crippen molar-refractivity contribution in [3.05, 3.63) is 22.5 Å². The SMILES string of the molecule is Cc1nc(C)c2c(c1O)C(=O)OC2=O. The molecule has 5 heteroatoms. The Morgan fingerprint density at radius 2 is 1.64 bits per heavy atom. The largest absolute Gasteiger partial charge is 0.505 e. The van der Waals surface area contributed by atoms with E-state index in [0.717, 1.165) is 0 Å². The van der Waals surface area contributed by atoms with Gasteiger partial charge in [0.05, 0.1) is 17.0 Å². The molecule has 2 rings (SSSR count). The van der Waals surface area contributed by atoms with E-state index in [1.165, 1.54) is 0 Å². The minimum absolute atomic E-state index is 0.0677. The maximum atomic E-state index is 11.2. The molecule has 0 saturated heterocycles. The van der Waals surface area contributed by atoms with Crippen LogP contribution in [0.4, 0.5) is 0 Å². The van der Waals surface area contributed by atoms with Gasteiger partial charge < -0.3 is 9.84 Å². The Morgan fingerprint density at radius 1 is 1.07 bits per heavy atom. The fourth-order valence-corrected chi connectivity index (χ4v) is 1.48. The van der Waals surface area contributed by atoms with E-state index in [1.807, 2.05) is 0 Å². The zero-order valence-electron chi connectivity index (χ0n) is 7.62. The highest BCUT2D eigenvalue weighted by molar-refractivity contribution is 6.16. The van der Waals surface area contributed by atoms with Crippen LogP contribution in [-0.2, 0) is 4.74 Å². The smallest absolute Gasteiger partial charge is 0.350 e. The zero-order valence-corrected chi connectivity index (χ0v) is 7.62. The summed E-state index contributed by atoms with van der Waals surface area (Å²) >= 11 is 0. The predicted molar refractivity (Wildman–Crippen MR) is 45.1 cm³/mol. The molecule has 14 heavy (non-hydrogen) atoms. The van der Waals surface area contributed by atoms with E-state index >= 15 is 0 Å². The highest BCUT2D eigenvalue weighted by Crippen LogP contribution is 2.31. The van der Waals surface area contributed by atoms with Crippen molar-refractivity contribution in [3.8, 4) is 5.75 Å². The fraction of sp³-hybridized carbons (Fsp3) is 0.222. The van der Waals surface area contributed by atoms with Gasteiger partial charge in [-0.15, -0.1) is 0 Å². The van der Waals surface area contributed by atoms with E-state index in [2.05, 4.69) is 9.72 Å². The van der Waals surface area contributed by atoms with Gasteiger partial charge in [-0.3, -0.25) is 4.98 Å². The maximum Gasteiger partial charge on any atom is 0.350 e. The molecule has 2 heterocycles. The summed E-state index contributed by atoms with van der Waals surface area (Å²) in [6, 6.07) is 0. The van der Waals surface area contributed by atoms with Gasteiger partial charge in [-0.25, -0.2) is 9.59 Å². The van der Waals surface area contributed by atoms with Crippen LogP contribution in [0.2, 0.25) is 0 Å². The van der Waals surface area contributed by atoms with E-state index in [-0.39, 0.29) is 16.9 Å². The Kier molecular flexibility index (Phi) is 1.57. The lowest BCUT2D eigenvalue weighted by Gasteiger charge is -2.03. The fourth-order valence-electron chi connectivity index (χ4n) is 1.48. The third-order valence-corrected chi connectivity index (χ3v) is 2.12. The Bertz CT molecular complexity index is 464. The standard InChI is InChI=1S/C9H7NO4/c1-3-5-6(7(11)4(2)10-3)9(13)14-8(5)12/h11H,1-2H3. The van der Waals surface area contributed by atoms with Gasteiger partial charge in [0, 0.05) is 0 Å². The Balaban J connectivity index is 2.86. The molecule has 0 saturated carbocycles. The monoisotopic (exact) mass is 193 g/mol. The molecule has 1 N–H and O–H groups in total. The molecule has 72 valence electrons. The highest BCUT2D eigenvalue weighted by Gasteiger charge is 2.35. The van der Waals surface area contributed by atoms with E-state index < -0.39 is 11.9 Å². The molecule has 0 bridgehead atoms. The van der Waals surface area contributed by atoms with Crippen LogP contribution < -0.4 is 0 Å². The van der Waals surface area contributed by atoms with Crippen molar-refractivity contribution in [1.29, 1.82) is 0 Å². The van der Waals surface area contributed by atoms with Gasteiger partial charge in [-0.05, 0) is 13.8 Å². The van der Waals surface area contributed by atoms with Gasteiger partial charge in [0.15, 0.2) is 5.75 Å². The summed E-state index contributed by atoms with van der Waals surface area (Å²) in [5.41, 5.74) is 0.706. The number of aryl methyl sites for hydroxylation is 2. The molecule has 0 fully saturated rings. The lowest BCUT2D eigenvalue weighted by Crippen LogP contribution is -2.01. The molecule has 1 aliphatic heterocycles. The van der Waals surface area contributed by atoms with Crippen molar-refractivity contribution >= 4 is 11.9 Å². The number of aromatic nitrogens is 1. The number of nitrogens with zero attached hydrogens (tertiary/aromatic N) is 1. The average Bonchev–Trinajstić information content (AvgIpc) is 2.38. The number of carbonyl (C=O) groups excluding carboxylic acids is 2. The van der Waals surface area contributed by atoms with Crippen molar-refractivity contribution in [1.82, 2.24) is 4.98 Å². The molecule has 0 aromatic carbocycles. The molecular formula is C9H7NO4. The Labute approximate surface area is 79.3 Å². The Hall–Kier alpha value is -1.91. The number of hydrogen-bond acceptors (Lipinski definition) is 5. The van der Waals surface area contributed by atoms with Crippen LogP contribution in [-0.4, -0.2) is 22.0 Å². The molecule has 0 atom stereocenters. The first-order valence-electron chi connectivity index (χ1n) is 3.99. The summed E-state index contributed by atoms with van der Waals surface area (Å²) in [6.45, 7) is 3.14. The van der Waals surface area contributed by atoms with Crippen LogP contribution in [0, 0.1) is 13.8 Å². The van der Waals surface area contributed by atoms with Gasteiger partial charge in [0.2, 0.25) is 0 Å². The number of ether oxygens (including phenoxy) is 1. The summed E-state index contributed by atoms with van der Waals surface area (Å²) in [5.74, 6) is -1.83. The summed E-state index contributed by atoms with van der Waals surface area (Å²) in [4.78, 5) is 26.3. The number of rotatable bonds is 0. The third-order valence-electron chi connectivity index (χ3n) is 2.12. The second kappa shape index (κ2) is 2.54. The molecule has 1 aliphatic rings. The molecule has 0 unspecified atom stereocenters. The van der Waals surface area contributed by atoms with Gasteiger partial charge in [-0.1, -0.05) is 0 Å². The van der Waals surface area contributed by atoms with Crippen molar-refractivity contribution in [2.75, 3.05) is 0 Å². The molecule has 0 spiro atoms. The first-order chi connectivity index (χ1) is 6.52. The number of fused-ring (bicyclic) bond motifs is 1. The molecular weight excluding hydrogens is 186 g/mol. The molecule has 1 aromatic rings. The van der Waals surface area contributed by atoms with Crippen LogP contribution in [0.3, 0.4) is 0 Å². The van der Waals surface area contributed by atoms with Crippen molar-refractivity contribution in [2.24, 2.45) is 0 Å². The topological polar surface area (TPSA) is 76.5 Å². The summed E-state index contributed by atoms with van der Waals surface area (Å²) in [7, 11) is 0. The molecule has 0 aliphatic carbocycles. The van der Waals surface area contributed by atoms with Gasteiger partial charge >= 0.3 is 11.9 Å². The second-order valence-corrected chi connectivity index (χ2v) is 3.06. The van der Waals surface area contributed by atoms with E-state index in [1.54, 1.807) is 13.8 Å². The summed E-state index contributed by atoms with van der Waals surface area (Å²) in [5, 5.41) is 9.52. The van der Waals surface area contributed by atoms with Crippen LogP contribution in [0.15, 0.2) is 0 Å². The number of esters is 2. The molecule has 0 amide bonds. The van der Waals surface area contributed by atoms with Crippen LogP contribution >= 0.6 is 0 Å². The van der Waals surface area contributed by atoms with Gasteiger partial charge in [0.1, 0.15) is 5.56 Å². The lowest BCUT2D eigenvalue weighted by atomic mass is 10.1. The van der Waals surface area contributed by atoms with Crippen molar-refractivity contribution < 1.29 is 19.4 Å². The van der Waals surface area contributed by atoms with E-state index in [0.29, 0.717) is 11.4 Å². The lowest BCUT2D eigenvalue weighted by molar-refractivity contribution is 0.0443. The van der Waals surface area contributed by atoms with Crippen molar-refractivity contribution in [3.63, 3.8) is 0 Å². The normalized spacial score (nSPS) is 14.1. The second-order valence-electron chi connectivity index (χ2n) is 3.06. The van der Waals surface area contributed by atoms with E-state index in [9.17, 15) is 14.7 Å². The predicted octanol–water partition coefficient (Wildman–Crippen LogP) is 0.715. The minimum Gasteiger partial charge on any atom is -0.505 e. The van der Waals surface area contributed by atoms with Gasteiger partial charge in [-0.2, -0.15) is 0 Å². The quantitative estimate of drug-likeness (QED) is 0.485. The van der Waals surface area contributed by atoms with Crippen LogP contribution in [0.25, 0.3) is 0 Å². The number of cyclic esters (lactones) is 2. The van der Waals surface area contributed by atoms with Crippen LogP contribution in [0.1, 0.15) is 32.1 Å². The van der Waals surface area contributed by atoms with E-state index in [4.69, 9.17) is 0 Å². The average molecular weight is 193 g/mol. The molecule has 1 aromatic heterocycles. The highest BCUT2D eigenvalue weighted by atomic mass is 16.6. The van der Waals surface area contributed by atoms with Crippen LogP contribution in [0.5, 0.6) is 5.75 Å². The maximum absolute atomic E-state index is 11.2. The third kappa shape index (κ3) is 0.921. The molecule has 0 radical (unpaired) electrons. The zero-order chi connectivity index (χ0) is 10.5. The number of hydrogen-bond donors (Lipinski definition) is 1. The minimum atomic E-state index is -0.809. The first kappa shape index (κ1) is 8.68.